The van der Waals surface area contributed by atoms with Crippen LogP contribution in [0.2, 0.25) is 0 Å². The fourth-order valence-electron chi connectivity index (χ4n) is 3.48. The Kier molecular flexibility index (Phi) is 6.01. The van der Waals surface area contributed by atoms with Crippen molar-refractivity contribution in [3.8, 4) is 5.13 Å². The Hall–Kier alpha value is -2.67. The molecule has 3 heterocycles. The van der Waals surface area contributed by atoms with E-state index in [-0.39, 0.29) is 5.91 Å². The highest BCUT2D eigenvalue weighted by atomic mass is 32.1. The van der Waals surface area contributed by atoms with Gasteiger partial charge >= 0.3 is 0 Å². The van der Waals surface area contributed by atoms with Crippen LogP contribution < -0.4 is 10.2 Å². The van der Waals surface area contributed by atoms with Gasteiger partial charge in [-0.2, -0.15) is 0 Å². The SMILES string of the molecule is O=C(NCCCc1ccccc1)c1cccn1-c1nnc(N2CCCCC2)s1. The highest BCUT2D eigenvalue weighted by Gasteiger charge is 2.18. The molecule has 1 N–H and O–H groups in total. The number of amides is 1. The molecule has 0 spiro atoms. The monoisotopic (exact) mass is 395 g/mol. The lowest BCUT2D eigenvalue weighted by Gasteiger charge is -2.25. The summed E-state index contributed by atoms with van der Waals surface area (Å²) in [6.07, 6.45) is 7.43. The molecule has 1 aromatic carbocycles. The van der Waals surface area contributed by atoms with Gasteiger partial charge in [-0.1, -0.05) is 41.7 Å². The zero-order valence-corrected chi connectivity index (χ0v) is 16.7. The predicted molar refractivity (Wildman–Crippen MR) is 112 cm³/mol. The third kappa shape index (κ3) is 4.42. The number of carbonyl (C=O) groups is 1. The van der Waals surface area contributed by atoms with E-state index in [0.29, 0.717) is 12.2 Å². The Morgan fingerprint density at radius 2 is 1.79 bits per heavy atom. The van der Waals surface area contributed by atoms with Gasteiger partial charge in [0.1, 0.15) is 5.69 Å². The lowest BCUT2D eigenvalue weighted by molar-refractivity contribution is 0.0946. The van der Waals surface area contributed by atoms with Crippen LogP contribution in [0.5, 0.6) is 0 Å². The summed E-state index contributed by atoms with van der Waals surface area (Å²) in [7, 11) is 0. The summed E-state index contributed by atoms with van der Waals surface area (Å²) in [4.78, 5) is 14.9. The van der Waals surface area contributed by atoms with Gasteiger partial charge in [0, 0.05) is 25.8 Å². The molecule has 146 valence electrons. The van der Waals surface area contributed by atoms with Crippen LogP contribution in [-0.4, -0.2) is 40.3 Å². The lowest BCUT2D eigenvalue weighted by atomic mass is 10.1. The average molecular weight is 396 g/mol. The van der Waals surface area contributed by atoms with Crippen molar-refractivity contribution in [2.75, 3.05) is 24.5 Å². The Labute approximate surface area is 169 Å². The van der Waals surface area contributed by atoms with E-state index in [2.05, 4.69) is 32.5 Å². The molecule has 7 heteroatoms. The van der Waals surface area contributed by atoms with Gasteiger partial charge in [-0.25, -0.2) is 0 Å². The maximum Gasteiger partial charge on any atom is 0.268 e. The topological polar surface area (TPSA) is 63.1 Å². The minimum absolute atomic E-state index is 0.0761. The molecule has 4 rings (SSSR count). The first kappa shape index (κ1) is 18.7. The maximum absolute atomic E-state index is 12.6. The Morgan fingerprint density at radius 3 is 2.61 bits per heavy atom. The van der Waals surface area contributed by atoms with Gasteiger partial charge < -0.3 is 10.2 Å². The van der Waals surface area contributed by atoms with Crippen LogP contribution in [0.3, 0.4) is 0 Å². The number of aryl methyl sites for hydroxylation is 1. The van der Waals surface area contributed by atoms with E-state index in [0.717, 1.165) is 36.2 Å². The smallest absolute Gasteiger partial charge is 0.268 e. The van der Waals surface area contributed by atoms with Crippen molar-refractivity contribution in [2.24, 2.45) is 0 Å². The molecule has 0 saturated carbocycles. The standard InChI is InChI=1S/C21H25N5OS/c27-19(22-13-7-11-17-9-3-1-4-10-17)18-12-8-16-26(18)21-24-23-20(28-21)25-14-5-2-6-15-25/h1,3-4,8-10,12,16H,2,5-7,11,13-15H2,(H,22,27). The van der Waals surface area contributed by atoms with Gasteiger partial charge in [-0.15, -0.1) is 10.2 Å². The number of carbonyl (C=O) groups excluding carboxylic acids is 1. The Morgan fingerprint density at radius 1 is 1.00 bits per heavy atom. The van der Waals surface area contributed by atoms with E-state index in [1.807, 2.05) is 41.1 Å². The van der Waals surface area contributed by atoms with E-state index < -0.39 is 0 Å². The number of benzene rings is 1. The van der Waals surface area contributed by atoms with Crippen molar-refractivity contribution < 1.29 is 4.79 Å². The van der Waals surface area contributed by atoms with E-state index in [1.165, 1.54) is 24.8 Å². The van der Waals surface area contributed by atoms with Crippen molar-refractivity contribution in [1.29, 1.82) is 0 Å². The number of hydrogen-bond acceptors (Lipinski definition) is 5. The third-order valence-corrected chi connectivity index (χ3v) is 5.97. The highest BCUT2D eigenvalue weighted by Crippen LogP contribution is 2.26. The van der Waals surface area contributed by atoms with Crippen LogP contribution in [0.4, 0.5) is 5.13 Å². The highest BCUT2D eigenvalue weighted by molar-refractivity contribution is 7.17. The Bertz CT molecular complexity index is 898. The predicted octanol–water partition coefficient (Wildman–Crippen LogP) is 3.68. The fraction of sp³-hybridized carbons (Fsp3) is 0.381. The van der Waals surface area contributed by atoms with Crippen molar-refractivity contribution >= 4 is 22.4 Å². The summed E-state index contributed by atoms with van der Waals surface area (Å²) >= 11 is 1.54. The summed E-state index contributed by atoms with van der Waals surface area (Å²) in [5, 5.41) is 13.4. The van der Waals surface area contributed by atoms with Crippen LogP contribution in [0.15, 0.2) is 48.7 Å². The van der Waals surface area contributed by atoms with Crippen molar-refractivity contribution in [3.05, 3.63) is 59.9 Å². The maximum atomic E-state index is 12.6. The second-order valence-corrected chi connectivity index (χ2v) is 7.96. The lowest BCUT2D eigenvalue weighted by Crippen LogP contribution is -2.29. The molecule has 0 atom stereocenters. The van der Waals surface area contributed by atoms with Crippen LogP contribution >= 0.6 is 11.3 Å². The molecular weight excluding hydrogens is 370 g/mol. The zero-order valence-electron chi connectivity index (χ0n) is 15.9. The molecule has 3 aromatic rings. The summed E-state index contributed by atoms with van der Waals surface area (Å²) < 4.78 is 1.83. The van der Waals surface area contributed by atoms with Gasteiger partial charge in [0.15, 0.2) is 0 Å². The molecule has 1 fully saturated rings. The molecule has 0 unspecified atom stereocenters. The van der Waals surface area contributed by atoms with E-state index in [4.69, 9.17) is 0 Å². The van der Waals surface area contributed by atoms with Gasteiger partial charge in [0.05, 0.1) is 0 Å². The Balaban J connectivity index is 1.35. The summed E-state index contributed by atoms with van der Waals surface area (Å²) in [6, 6.07) is 14.0. The molecule has 0 radical (unpaired) electrons. The molecular formula is C21H25N5OS. The summed E-state index contributed by atoms with van der Waals surface area (Å²) in [5.41, 5.74) is 1.89. The second kappa shape index (κ2) is 9.01. The molecule has 6 nitrogen and oxygen atoms in total. The molecule has 1 aliphatic heterocycles. The van der Waals surface area contributed by atoms with Gasteiger partial charge in [-0.05, 0) is 49.8 Å². The molecule has 2 aromatic heterocycles. The van der Waals surface area contributed by atoms with Crippen LogP contribution in [0.25, 0.3) is 5.13 Å². The van der Waals surface area contributed by atoms with Crippen molar-refractivity contribution in [1.82, 2.24) is 20.1 Å². The molecule has 1 saturated heterocycles. The van der Waals surface area contributed by atoms with Crippen molar-refractivity contribution in [3.63, 3.8) is 0 Å². The van der Waals surface area contributed by atoms with E-state index in [9.17, 15) is 4.79 Å². The average Bonchev–Trinajstić information content (AvgIpc) is 3.42. The fourth-order valence-corrected chi connectivity index (χ4v) is 4.38. The summed E-state index contributed by atoms with van der Waals surface area (Å²) in [6.45, 7) is 2.72. The number of aromatic nitrogens is 3. The minimum atomic E-state index is -0.0761. The van der Waals surface area contributed by atoms with Gasteiger partial charge in [0.2, 0.25) is 10.3 Å². The van der Waals surface area contributed by atoms with Crippen molar-refractivity contribution in [2.45, 2.75) is 32.1 Å². The van der Waals surface area contributed by atoms with Crippen LogP contribution in [0.1, 0.15) is 41.7 Å². The molecule has 0 aliphatic carbocycles. The molecule has 1 aliphatic rings. The minimum Gasteiger partial charge on any atom is -0.351 e. The largest absolute Gasteiger partial charge is 0.351 e. The van der Waals surface area contributed by atoms with Crippen LogP contribution in [0, 0.1) is 0 Å². The first-order chi connectivity index (χ1) is 13.8. The van der Waals surface area contributed by atoms with E-state index in [1.54, 1.807) is 11.3 Å². The molecule has 1 amide bonds. The normalized spacial score (nSPS) is 14.2. The van der Waals surface area contributed by atoms with Gasteiger partial charge in [0.25, 0.3) is 5.91 Å². The number of piperidine rings is 1. The quantitative estimate of drug-likeness (QED) is 0.620. The molecule has 0 bridgehead atoms. The number of rotatable bonds is 7. The molecule has 28 heavy (non-hydrogen) atoms. The number of nitrogens with zero attached hydrogens (tertiary/aromatic N) is 4. The van der Waals surface area contributed by atoms with Crippen LogP contribution in [-0.2, 0) is 6.42 Å². The van der Waals surface area contributed by atoms with Gasteiger partial charge in [-0.3, -0.25) is 9.36 Å². The second-order valence-electron chi connectivity index (χ2n) is 7.02. The zero-order chi connectivity index (χ0) is 19.2. The first-order valence-corrected chi connectivity index (χ1v) is 10.7. The first-order valence-electron chi connectivity index (χ1n) is 9.89. The number of hydrogen-bond donors (Lipinski definition) is 1. The number of nitrogens with one attached hydrogen (secondary N) is 1. The third-order valence-electron chi connectivity index (χ3n) is 4.99. The summed E-state index contributed by atoms with van der Waals surface area (Å²) in [5.74, 6) is -0.0761. The number of anilines is 1. The van der Waals surface area contributed by atoms with E-state index >= 15 is 0 Å².